The number of carbonyl (C=O) groups excluding carboxylic acids is 1. The van der Waals surface area contributed by atoms with Gasteiger partial charge in [-0.2, -0.15) is 0 Å². The number of rotatable bonds is 4. The van der Waals surface area contributed by atoms with Crippen molar-refractivity contribution in [3.8, 4) is 0 Å². The summed E-state index contributed by atoms with van der Waals surface area (Å²) in [4.78, 5) is 22.2. The van der Waals surface area contributed by atoms with Gasteiger partial charge in [-0.3, -0.25) is 0 Å². The second-order valence-electron chi connectivity index (χ2n) is 5.02. The average molecular weight is 324 g/mol. The number of hydrogen-bond acceptors (Lipinski definition) is 5. The number of benzene rings is 2. The van der Waals surface area contributed by atoms with E-state index in [9.17, 15) is 4.79 Å². The zero-order chi connectivity index (χ0) is 16.2. The molecule has 0 aliphatic heterocycles. The topological polar surface area (TPSA) is 52.1 Å². The van der Waals surface area contributed by atoms with Crippen molar-refractivity contribution in [1.82, 2.24) is 9.97 Å². The van der Waals surface area contributed by atoms with E-state index in [1.807, 2.05) is 55.6 Å². The van der Waals surface area contributed by atoms with Gasteiger partial charge >= 0.3 is 5.97 Å². The smallest absolute Gasteiger partial charge is 0.339 e. The Morgan fingerprint density at radius 2 is 1.70 bits per heavy atom. The van der Waals surface area contributed by atoms with Gasteiger partial charge in [0.1, 0.15) is 6.61 Å². The molecule has 0 aliphatic carbocycles. The van der Waals surface area contributed by atoms with Crippen molar-refractivity contribution in [2.24, 2.45) is 0 Å². The highest BCUT2D eigenvalue weighted by Crippen LogP contribution is 2.21. The molecule has 1 heterocycles. The first-order valence-electron chi connectivity index (χ1n) is 7.21. The molecule has 0 bridgehead atoms. The number of hydrogen-bond donors (Lipinski definition) is 0. The number of aromatic nitrogens is 2. The number of aryl methyl sites for hydroxylation is 1. The summed E-state index contributed by atoms with van der Waals surface area (Å²) >= 11 is 1.52. The first kappa shape index (κ1) is 15.5. The van der Waals surface area contributed by atoms with Crippen molar-refractivity contribution in [3.05, 3.63) is 65.5 Å². The summed E-state index contributed by atoms with van der Waals surface area (Å²) in [6.07, 6.45) is 1.94. The van der Waals surface area contributed by atoms with Gasteiger partial charge in [0.2, 0.25) is 0 Å². The van der Waals surface area contributed by atoms with E-state index < -0.39 is 0 Å². The molecule has 2 aromatic carbocycles. The molecule has 0 radical (unpaired) electrons. The molecule has 0 spiro atoms. The molecular weight excluding hydrogens is 308 g/mol. The molecule has 1 aromatic heterocycles. The summed E-state index contributed by atoms with van der Waals surface area (Å²) in [6.45, 7) is 1.99. The van der Waals surface area contributed by atoms with Gasteiger partial charge in [0, 0.05) is 4.90 Å². The lowest BCUT2D eigenvalue weighted by Crippen LogP contribution is -2.09. The fourth-order valence-corrected chi connectivity index (χ4v) is 2.87. The average Bonchev–Trinajstić information content (AvgIpc) is 2.59. The van der Waals surface area contributed by atoms with Gasteiger partial charge in [0.05, 0.1) is 28.0 Å². The Kier molecular flexibility index (Phi) is 4.57. The fraction of sp³-hybridized carbons (Fsp3) is 0.167. The van der Waals surface area contributed by atoms with Crippen LogP contribution in [0.1, 0.15) is 21.7 Å². The summed E-state index contributed by atoms with van der Waals surface area (Å²) in [5.41, 5.74) is 3.67. The summed E-state index contributed by atoms with van der Waals surface area (Å²) in [5, 5.41) is 0. The van der Waals surface area contributed by atoms with Crippen molar-refractivity contribution in [2.75, 3.05) is 6.26 Å². The van der Waals surface area contributed by atoms with Gasteiger partial charge in [0.15, 0.2) is 0 Å². The Bertz CT molecular complexity index is 865. The fourth-order valence-electron chi connectivity index (χ4n) is 2.29. The third kappa shape index (κ3) is 3.35. The standard InChI is InChI=1S/C18H16N2O2S/c1-12-16(20-15-9-5-4-8-14(15)19-12)11-22-18(21)13-7-3-6-10-17(13)23-2/h3-10H,11H2,1-2H3. The highest BCUT2D eigenvalue weighted by Gasteiger charge is 2.13. The molecular formula is C18H16N2O2S. The minimum atomic E-state index is -0.343. The Hall–Kier alpha value is -2.40. The predicted molar refractivity (Wildman–Crippen MR) is 91.6 cm³/mol. The van der Waals surface area contributed by atoms with Crippen molar-refractivity contribution in [1.29, 1.82) is 0 Å². The van der Waals surface area contributed by atoms with E-state index in [0.717, 1.165) is 21.6 Å². The number of carbonyl (C=O) groups is 1. The van der Waals surface area contributed by atoms with Crippen LogP contribution in [0.4, 0.5) is 0 Å². The minimum Gasteiger partial charge on any atom is -0.455 e. The van der Waals surface area contributed by atoms with E-state index in [1.165, 1.54) is 11.8 Å². The van der Waals surface area contributed by atoms with E-state index >= 15 is 0 Å². The monoisotopic (exact) mass is 324 g/mol. The Balaban J connectivity index is 1.80. The Morgan fingerprint density at radius 1 is 1.04 bits per heavy atom. The number of esters is 1. The van der Waals surface area contributed by atoms with E-state index in [-0.39, 0.29) is 12.6 Å². The first-order chi connectivity index (χ1) is 11.2. The van der Waals surface area contributed by atoms with Crippen molar-refractivity contribution in [3.63, 3.8) is 0 Å². The lowest BCUT2D eigenvalue weighted by molar-refractivity contribution is 0.0463. The molecule has 0 N–H and O–H groups in total. The van der Waals surface area contributed by atoms with E-state index in [0.29, 0.717) is 11.3 Å². The van der Waals surface area contributed by atoms with E-state index in [4.69, 9.17) is 4.74 Å². The lowest BCUT2D eigenvalue weighted by Gasteiger charge is -2.09. The molecule has 0 aliphatic rings. The Labute approximate surface area is 138 Å². The zero-order valence-electron chi connectivity index (χ0n) is 12.9. The van der Waals surface area contributed by atoms with Crippen LogP contribution in [-0.4, -0.2) is 22.2 Å². The molecule has 5 heteroatoms. The lowest BCUT2D eigenvalue weighted by atomic mass is 10.2. The van der Waals surface area contributed by atoms with Crippen LogP contribution in [0.25, 0.3) is 11.0 Å². The third-order valence-corrected chi connectivity index (χ3v) is 4.31. The number of nitrogens with zero attached hydrogens (tertiary/aromatic N) is 2. The molecule has 0 amide bonds. The van der Waals surface area contributed by atoms with Crippen LogP contribution in [0, 0.1) is 6.92 Å². The van der Waals surface area contributed by atoms with Crippen LogP contribution in [-0.2, 0) is 11.3 Å². The van der Waals surface area contributed by atoms with Crippen molar-refractivity contribution < 1.29 is 9.53 Å². The number of ether oxygens (including phenoxy) is 1. The van der Waals surface area contributed by atoms with Crippen LogP contribution in [0.3, 0.4) is 0 Å². The second kappa shape index (κ2) is 6.79. The first-order valence-corrected chi connectivity index (χ1v) is 8.44. The molecule has 0 saturated carbocycles. The largest absolute Gasteiger partial charge is 0.455 e. The summed E-state index contributed by atoms with van der Waals surface area (Å²) < 4.78 is 5.43. The van der Waals surface area contributed by atoms with Crippen molar-refractivity contribution in [2.45, 2.75) is 18.4 Å². The normalized spacial score (nSPS) is 10.7. The maximum atomic E-state index is 12.3. The van der Waals surface area contributed by atoms with Gasteiger partial charge < -0.3 is 4.74 Å². The van der Waals surface area contributed by atoms with Gasteiger partial charge in [0.25, 0.3) is 0 Å². The van der Waals surface area contributed by atoms with Crippen LogP contribution in [0.5, 0.6) is 0 Å². The molecule has 4 nitrogen and oxygen atoms in total. The molecule has 0 atom stereocenters. The zero-order valence-corrected chi connectivity index (χ0v) is 13.8. The Morgan fingerprint density at radius 3 is 2.43 bits per heavy atom. The molecule has 0 saturated heterocycles. The summed E-state index contributed by atoms with van der Waals surface area (Å²) in [7, 11) is 0. The van der Waals surface area contributed by atoms with E-state index in [1.54, 1.807) is 6.07 Å². The van der Waals surface area contributed by atoms with Gasteiger partial charge in [-0.1, -0.05) is 24.3 Å². The summed E-state index contributed by atoms with van der Waals surface area (Å²) in [6, 6.07) is 15.1. The quantitative estimate of drug-likeness (QED) is 0.536. The van der Waals surface area contributed by atoms with Gasteiger partial charge in [-0.05, 0) is 37.4 Å². The molecule has 116 valence electrons. The van der Waals surface area contributed by atoms with E-state index in [2.05, 4.69) is 9.97 Å². The van der Waals surface area contributed by atoms with Crippen LogP contribution < -0.4 is 0 Å². The second-order valence-corrected chi connectivity index (χ2v) is 5.87. The maximum absolute atomic E-state index is 12.3. The molecule has 0 unspecified atom stereocenters. The summed E-state index contributed by atoms with van der Waals surface area (Å²) in [5.74, 6) is -0.343. The van der Waals surface area contributed by atoms with Gasteiger partial charge in [-0.15, -0.1) is 11.8 Å². The molecule has 3 aromatic rings. The SMILES string of the molecule is CSc1ccccc1C(=O)OCc1nc2ccccc2nc1C. The van der Waals surface area contributed by atoms with Crippen LogP contribution in [0.2, 0.25) is 0 Å². The van der Waals surface area contributed by atoms with Crippen molar-refractivity contribution >= 4 is 28.8 Å². The number of para-hydroxylation sites is 2. The molecule has 23 heavy (non-hydrogen) atoms. The van der Waals surface area contributed by atoms with Crippen LogP contribution in [0.15, 0.2) is 53.4 Å². The highest BCUT2D eigenvalue weighted by molar-refractivity contribution is 7.98. The maximum Gasteiger partial charge on any atom is 0.339 e. The molecule has 3 rings (SSSR count). The number of fused-ring (bicyclic) bond motifs is 1. The molecule has 0 fully saturated rings. The third-order valence-electron chi connectivity index (χ3n) is 3.51. The predicted octanol–water partition coefficient (Wildman–Crippen LogP) is 4.02. The highest BCUT2D eigenvalue weighted by atomic mass is 32.2. The number of thioether (sulfide) groups is 1. The van der Waals surface area contributed by atoms with Crippen LogP contribution >= 0.6 is 11.8 Å². The minimum absolute atomic E-state index is 0.116. The van der Waals surface area contributed by atoms with Gasteiger partial charge in [-0.25, -0.2) is 14.8 Å².